The number of rotatable bonds is 14. The Morgan fingerprint density at radius 3 is 1.87 bits per heavy atom. The zero-order valence-electron chi connectivity index (χ0n) is 13.5. The Labute approximate surface area is 136 Å². The maximum absolute atomic E-state index is 11.5. The number of aliphatic hydroxyl groups is 2. The van der Waals surface area contributed by atoms with E-state index in [2.05, 4.69) is 26.0 Å². The maximum Gasteiger partial charge on any atom is 0.338 e. The summed E-state index contributed by atoms with van der Waals surface area (Å²) in [7, 11) is 1.06. The Kier molecular flexibility index (Phi) is 13.5. The van der Waals surface area contributed by atoms with E-state index in [1.807, 2.05) is 0 Å². The third kappa shape index (κ3) is 11.0. The van der Waals surface area contributed by atoms with Gasteiger partial charge in [-0.2, -0.15) is 0 Å². The lowest BCUT2D eigenvalue weighted by atomic mass is 10.2. The molecule has 0 heterocycles. The highest BCUT2D eigenvalue weighted by Gasteiger charge is 2.30. The van der Waals surface area contributed by atoms with Crippen molar-refractivity contribution >= 4 is 11.9 Å². The second-order valence-corrected chi connectivity index (χ2v) is 4.74. The molecule has 0 aliphatic heterocycles. The van der Waals surface area contributed by atoms with Gasteiger partial charge in [0.05, 0.1) is 7.11 Å². The molecule has 0 aliphatic carbocycles. The first-order valence-electron chi connectivity index (χ1n) is 7.58. The standard InChI is InChI=1S/C13H29N5O5/c1-23-13(22)11(20)10(19)12(21)18-9-8-17-7-6-16-5-4-15-3-2-14/h10-11,15-17,19-20H,2-9,14H2,1H3,(H,18,21). The van der Waals surface area contributed by atoms with Crippen LogP contribution in [0.15, 0.2) is 0 Å². The van der Waals surface area contributed by atoms with Crippen molar-refractivity contribution in [3.8, 4) is 0 Å². The van der Waals surface area contributed by atoms with Crippen molar-refractivity contribution in [2.75, 3.05) is 59.5 Å². The molecular weight excluding hydrogens is 306 g/mol. The highest BCUT2D eigenvalue weighted by molar-refractivity contribution is 5.88. The topological polar surface area (TPSA) is 158 Å². The van der Waals surface area contributed by atoms with Gasteiger partial charge in [-0.1, -0.05) is 0 Å². The van der Waals surface area contributed by atoms with Gasteiger partial charge in [-0.25, -0.2) is 4.79 Å². The average molecular weight is 335 g/mol. The summed E-state index contributed by atoms with van der Waals surface area (Å²) < 4.78 is 4.24. The highest BCUT2D eigenvalue weighted by atomic mass is 16.5. The minimum atomic E-state index is -1.88. The summed E-state index contributed by atoms with van der Waals surface area (Å²) in [5, 5.41) is 30.6. The molecule has 10 heteroatoms. The Morgan fingerprint density at radius 1 is 0.913 bits per heavy atom. The monoisotopic (exact) mass is 335 g/mol. The molecule has 0 rings (SSSR count). The molecule has 2 unspecified atom stereocenters. The number of hydrogen-bond acceptors (Lipinski definition) is 9. The van der Waals surface area contributed by atoms with E-state index in [9.17, 15) is 19.8 Å². The Bertz CT molecular complexity index is 332. The van der Waals surface area contributed by atoms with Crippen LogP contribution in [0.2, 0.25) is 0 Å². The van der Waals surface area contributed by atoms with Crippen molar-refractivity contribution in [3.63, 3.8) is 0 Å². The third-order valence-electron chi connectivity index (χ3n) is 2.89. The lowest BCUT2D eigenvalue weighted by Crippen LogP contribution is -2.47. The number of nitrogens with two attached hydrogens (primary N) is 1. The third-order valence-corrected chi connectivity index (χ3v) is 2.89. The van der Waals surface area contributed by atoms with E-state index in [1.165, 1.54) is 0 Å². The number of hydrogen-bond donors (Lipinski definition) is 7. The molecule has 0 radical (unpaired) electrons. The van der Waals surface area contributed by atoms with E-state index in [4.69, 9.17) is 5.73 Å². The molecule has 0 bridgehead atoms. The molecular formula is C13H29N5O5. The van der Waals surface area contributed by atoms with Gasteiger partial charge in [-0.05, 0) is 0 Å². The molecule has 0 aromatic carbocycles. The van der Waals surface area contributed by atoms with Gasteiger partial charge in [0, 0.05) is 52.4 Å². The molecule has 2 atom stereocenters. The number of carbonyl (C=O) groups is 2. The molecule has 0 saturated heterocycles. The first-order valence-corrected chi connectivity index (χ1v) is 7.58. The summed E-state index contributed by atoms with van der Waals surface area (Å²) in [6.45, 7) is 5.39. The van der Waals surface area contributed by atoms with Gasteiger partial charge >= 0.3 is 5.97 Å². The van der Waals surface area contributed by atoms with Gasteiger partial charge in [0.15, 0.2) is 12.2 Å². The van der Waals surface area contributed by atoms with Gasteiger partial charge < -0.3 is 42.0 Å². The number of carbonyl (C=O) groups excluding carboxylic acids is 2. The molecule has 0 saturated carbocycles. The van der Waals surface area contributed by atoms with Crippen LogP contribution in [0, 0.1) is 0 Å². The Morgan fingerprint density at radius 2 is 1.39 bits per heavy atom. The van der Waals surface area contributed by atoms with Crippen LogP contribution in [0.1, 0.15) is 0 Å². The van der Waals surface area contributed by atoms with Crippen LogP contribution < -0.4 is 27.0 Å². The van der Waals surface area contributed by atoms with Crippen LogP contribution in [0.25, 0.3) is 0 Å². The number of nitrogens with one attached hydrogen (secondary N) is 4. The molecule has 23 heavy (non-hydrogen) atoms. The summed E-state index contributed by atoms with van der Waals surface area (Å²) in [6, 6.07) is 0. The molecule has 0 fully saturated rings. The number of esters is 1. The van der Waals surface area contributed by atoms with E-state index >= 15 is 0 Å². The van der Waals surface area contributed by atoms with Crippen molar-refractivity contribution in [3.05, 3.63) is 0 Å². The van der Waals surface area contributed by atoms with E-state index in [-0.39, 0.29) is 6.54 Å². The van der Waals surface area contributed by atoms with Crippen molar-refractivity contribution in [1.29, 1.82) is 0 Å². The fourth-order valence-electron chi connectivity index (χ4n) is 1.60. The van der Waals surface area contributed by atoms with E-state index in [1.54, 1.807) is 0 Å². The maximum atomic E-state index is 11.5. The second kappa shape index (κ2) is 14.3. The molecule has 0 aromatic rings. The quantitative estimate of drug-likeness (QED) is 0.123. The summed E-state index contributed by atoms with van der Waals surface area (Å²) >= 11 is 0. The van der Waals surface area contributed by atoms with Crippen molar-refractivity contribution in [2.45, 2.75) is 12.2 Å². The lowest BCUT2D eigenvalue weighted by Gasteiger charge is -2.15. The fourth-order valence-corrected chi connectivity index (χ4v) is 1.60. The van der Waals surface area contributed by atoms with Crippen LogP contribution in [0.4, 0.5) is 0 Å². The van der Waals surface area contributed by atoms with Gasteiger partial charge in [-0.3, -0.25) is 4.79 Å². The number of ether oxygens (including phenoxy) is 1. The predicted octanol–water partition coefficient (Wildman–Crippen LogP) is -4.28. The summed E-state index contributed by atoms with van der Waals surface area (Å²) in [5.41, 5.74) is 5.34. The SMILES string of the molecule is COC(=O)C(O)C(O)C(=O)NCCNCCNCCNCCN. The molecule has 0 aliphatic rings. The fraction of sp³-hybridized carbons (Fsp3) is 0.846. The van der Waals surface area contributed by atoms with Crippen molar-refractivity contribution in [2.24, 2.45) is 5.73 Å². The van der Waals surface area contributed by atoms with Gasteiger partial charge in [0.1, 0.15) is 0 Å². The summed E-state index contributed by atoms with van der Waals surface area (Å²) in [4.78, 5) is 22.5. The zero-order valence-corrected chi connectivity index (χ0v) is 13.5. The molecule has 8 N–H and O–H groups in total. The number of methoxy groups -OCH3 is 1. The van der Waals surface area contributed by atoms with Gasteiger partial charge in [0.25, 0.3) is 5.91 Å². The van der Waals surface area contributed by atoms with Crippen LogP contribution in [0.5, 0.6) is 0 Å². The van der Waals surface area contributed by atoms with Crippen molar-refractivity contribution in [1.82, 2.24) is 21.3 Å². The van der Waals surface area contributed by atoms with Crippen LogP contribution >= 0.6 is 0 Å². The average Bonchev–Trinajstić information content (AvgIpc) is 2.57. The van der Waals surface area contributed by atoms with Crippen LogP contribution in [-0.4, -0.2) is 93.8 Å². The van der Waals surface area contributed by atoms with E-state index < -0.39 is 24.1 Å². The molecule has 10 nitrogen and oxygen atoms in total. The minimum Gasteiger partial charge on any atom is -0.467 e. The first-order chi connectivity index (χ1) is 11.0. The Hall–Kier alpha value is -1.30. The van der Waals surface area contributed by atoms with E-state index in [0.717, 1.165) is 39.8 Å². The van der Waals surface area contributed by atoms with Gasteiger partial charge in [-0.15, -0.1) is 0 Å². The van der Waals surface area contributed by atoms with E-state index in [0.29, 0.717) is 13.1 Å². The second-order valence-electron chi connectivity index (χ2n) is 4.74. The molecule has 1 amide bonds. The van der Waals surface area contributed by atoms with Crippen LogP contribution in [-0.2, 0) is 14.3 Å². The summed E-state index contributed by atoms with van der Waals surface area (Å²) in [5.74, 6) is -1.88. The summed E-state index contributed by atoms with van der Waals surface area (Å²) in [6.07, 6.45) is -3.73. The first kappa shape index (κ1) is 21.7. The zero-order chi connectivity index (χ0) is 17.5. The van der Waals surface area contributed by atoms with Crippen LogP contribution in [0.3, 0.4) is 0 Å². The predicted molar refractivity (Wildman–Crippen MR) is 84.7 cm³/mol. The molecule has 136 valence electrons. The molecule has 0 aromatic heterocycles. The molecule has 0 spiro atoms. The normalized spacial score (nSPS) is 13.4. The minimum absolute atomic E-state index is 0.266. The number of amides is 1. The van der Waals surface area contributed by atoms with Gasteiger partial charge in [0.2, 0.25) is 0 Å². The highest BCUT2D eigenvalue weighted by Crippen LogP contribution is 1.96. The smallest absolute Gasteiger partial charge is 0.338 e. The Balaban J connectivity index is 3.50. The van der Waals surface area contributed by atoms with Crippen molar-refractivity contribution < 1.29 is 24.5 Å². The largest absolute Gasteiger partial charge is 0.467 e. The number of aliphatic hydroxyl groups excluding tert-OH is 2. The lowest BCUT2D eigenvalue weighted by molar-refractivity contribution is -0.161.